The van der Waals surface area contributed by atoms with Gasteiger partial charge in [0, 0.05) is 11.6 Å². The van der Waals surface area contributed by atoms with E-state index in [0.29, 0.717) is 11.6 Å². The predicted octanol–water partition coefficient (Wildman–Crippen LogP) is 2.67. The number of esters is 1. The standard InChI is InChI=1S/C18H14F2N2O3/c1-25-18(24)12-4-2-3-11(7-12)8-17(23)22-16(10-21)14-6-5-13(19)9-15(14)20/h2-7,9,16H,8H2,1H3,(H,22,23)/t16-/m0/s1. The van der Waals surface area contributed by atoms with E-state index in [9.17, 15) is 18.4 Å². The van der Waals surface area contributed by atoms with Gasteiger partial charge in [-0.3, -0.25) is 4.79 Å². The van der Waals surface area contributed by atoms with E-state index in [0.717, 1.165) is 12.1 Å². The Kier molecular flexibility index (Phi) is 5.79. The van der Waals surface area contributed by atoms with E-state index in [1.165, 1.54) is 13.2 Å². The number of carbonyl (C=O) groups is 2. The van der Waals surface area contributed by atoms with Crippen molar-refractivity contribution in [2.45, 2.75) is 12.5 Å². The lowest BCUT2D eigenvalue weighted by Crippen LogP contribution is -2.29. The average Bonchev–Trinajstić information content (AvgIpc) is 2.59. The van der Waals surface area contributed by atoms with Crippen LogP contribution in [0.15, 0.2) is 42.5 Å². The van der Waals surface area contributed by atoms with Crippen molar-refractivity contribution in [2.24, 2.45) is 0 Å². The fraction of sp³-hybridized carbons (Fsp3) is 0.167. The number of benzene rings is 2. The number of nitrogens with zero attached hydrogens (tertiary/aromatic N) is 1. The molecule has 0 aliphatic carbocycles. The van der Waals surface area contributed by atoms with E-state index in [4.69, 9.17) is 5.26 Å². The van der Waals surface area contributed by atoms with E-state index in [1.807, 2.05) is 0 Å². The molecule has 0 aliphatic heterocycles. The van der Waals surface area contributed by atoms with E-state index < -0.39 is 29.6 Å². The van der Waals surface area contributed by atoms with Crippen molar-refractivity contribution in [3.05, 3.63) is 70.8 Å². The molecule has 1 amide bonds. The molecule has 2 rings (SSSR count). The lowest BCUT2D eigenvalue weighted by atomic mass is 10.1. The number of carbonyl (C=O) groups excluding carboxylic acids is 2. The van der Waals surface area contributed by atoms with Crippen molar-refractivity contribution in [3.8, 4) is 6.07 Å². The Labute approximate surface area is 142 Å². The number of nitrogens with one attached hydrogen (secondary N) is 1. The molecule has 0 spiro atoms. The highest BCUT2D eigenvalue weighted by atomic mass is 19.1. The van der Waals surface area contributed by atoms with Gasteiger partial charge in [-0.2, -0.15) is 5.26 Å². The summed E-state index contributed by atoms with van der Waals surface area (Å²) in [6.45, 7) is 0. The van der Waals surface area contributed by atoms with Crippen molar-refractivity contribution >= 4 is 11.9 Å². The Morgan fingerprint density at radius 2 is 2.00 bits per heavy atom. The SMILES string of the molecule is COC(=O)c1cccc(CC(=O)N[C@@H](C#N)c2ccc(F)cc2F)c1. The molecule has 2 aromatic rings. The van der Waals surface area contributed by atoms with Crippen LogP contribution in [0.25, 0.3) is 0 Å². The van der Waals surface area contributed by atoms with Gasteiger partial charge in [-0.1, -0.05) is 18.2 Å². The Balaban J connectivity index is 2.11. The first kappa shape index (κ1) is 18.1. The predicted molar refractivity (Wildman–Crippen MR) is 84.3 cm³/mol. The minimum Gasteiger partial charge on any atom is -0.465 e. The topological polar surface area (TPSA) is 79.2 Å². The molecule has 0 saturated carbocycles. The fourth-order valence-electron chi connectivity index (χ4n) is 2.24. The zero-order chi connectivity index (χ0) is 18.4. The van der Waals surface area contributed by atoms with Crippen molar-refractivity contribution < 1.29 is 23.1 Å². The normalized spacial score (nSPS) is 11.3. The molecule has 1 atom stereocenters. The van der Waals surface area contributed by atoms with Gasteiger partial charge in [-0.25, -0.2) is 13.6 Å². The maximum atomic E-state index is 13.8. The highest BCUT2D eigenvalue weighted by Crippen LogP contribution is 2.18. The number of methoxy groups -OCH3 is 1. The first-order chi connectivity index (χ1) is 11.9. The van der Waals surface area contributed by atoms with Gasteiger partial charge in [-0.05, 0) is 23.8 Å². The van der Waals surface area contributed by atoms with Crippen LogP contribution < -0.4 is 5.32 Å². The molecular formula is C18H14F2N2O3. The first-order valence-electron chi connectivity index (χ1n) is 7.25. The van der Waals surface area contributed by atoms with Gasteiger partial charge in [0.1, 0.15) is 17.7 Å². The van der Waals surface area contributed by atoms with Crippen molar-refractivity contribution in [3.63, 3.8) is 0 Å². The summed E-state index contributed by atoms with van der Waals surface area (Å²) in [6, 6.07) is 9.53. The van der Waals surface area contributed by atoms with Crippen LogP contribution in [0.4, 0.5) is 8.78 Å². The summed E-state index contributed by atoms with van der Waals surface area (Å²) in [7, 11) is 1.25. The lowest BCUT2D eigenvalue weighted by Gasteiger charge is -2.13. The van der Waals surface area contributed by atoms with Crippen molar-refractivity contribution in [1.29, 1.82) is 5.26 Å². The zero-order valence-corrected chi connectivity index (χ0v) is 13.3. The second-order valence-electron chi connectivity index (χ2n) is 5.16. The minimum atomic E-state index is -1.25. The maximum absolute atomic E-state index is 13.8. The van der Waals surface area contributed by atoms with Crippen LogP contribution in [0.1, 0.15) is 27.5 Å². The molecule has 0 fully saturated rings. The average molecular weight is 344 g/mol. The van der Waals surface area contributed by atoms with Crippen molar-refractivity contribution in [1.82, 2.24) is 5.32 Å². The molecule has 0 saturated heterocycles. The monoisotopic (exact) mass is 344 g/mol. The molecule has 7 heteroatoms. The second kappa shape index (κ2) is 8.02. The molecule has 0 aromatic heterocycles. The Bertz CT molecular complexity index is 846. The third-order valence-electron chi connectivity index (χ3n) is 3.42. The number of hydrogen-bond donors (Lipinski definition) is 1. The van der Waals surface area contributed by atoms with Gasteiger partial charge in [-0.15, -0.1) is 0 Å². The number of hydrogen-bond acceptors (Lipinski definition) is 4. The molecule has 128 valence electrons. The minimum absolute atomic E-state index is 0.119. The van der Waals surface area contributed by atoms with Gasteiger partial charge < -0.3 is 10.1 Å². The number of rotatable bonds is 5. The number of amides is 1. The lowest BCUT2D eigenvalue weighted by molar-refractivity contribution is -0.120. The highest BCUT2D eigenvalue weighted by molar-refractivity contribution is 5.90. The first-order valence-corrected chi connectivity index (χ1v) is 7.25. The third kappa shape index (κ3) is 4.61. The molecule has 0 heterocycles. The molecule has 0 radical (unpaired) electrons. The molecule has 25 heavy (non-hydrogen) atoms. The largest absolute Gasteiger partial charge is 0.465 e. The number of halogens is 2. The molecule has 1 N–H and O–H groups in total. The summed E-state index contributed by atoms with van der Waals surface area (Å²) in [5.41, 5.74) is 0.687. The Morgan fingerprint density at radius 1 is 1.24 bits per heavy atom. The summed E-state index contributed by atoms with van der Waals surface area (Å²) < 4.78 is 31.3. The third-order valence-corrected chi connectivity index (χ3v) is 3.42. The second-order valence-corrected chi connectivity index (χ2v) is 5.16. The van der Waals surface area contributed by atoms with E-state index in [1.54, 1.807) is 24.3 Å². The smallest absolute Gasteiger partial charge is 0.337 e. The summed E-state index contributed by atoms with van der Waals surface area (Å²) in [5.74, 6) is -2.77. The van der Waals surface area contributed by atoms with Crippen LogP contribution in [-0.4, -0.2) is 19.0 Å². The van der Waals surface area contributed by atoms with E-state index in [2.05, 4.69) is 10.1 Å². The van der Waals surface area contributed by atoms with Crippen molar-refractivity contribution in [2.75, 3.05) is 7.11 Å². The van der Waals surface area contributed by atoms with Gasteiger partial charge >= 0.3 is 5.97 Å². The fourth-order valence-corrected chi connectivity index (χ4v) is 2.24. The number of ether oxygens (including phenoxy) is 1. The van der Waals surface area contributed by atoms with Crippen LogP contribution in [0.5, 0.6) is 0 Å². The van der Waals surface area contributed by atoms with Crippen LogP contribution in [0.3, 0.4) is 0 Å². The van der Waals surface area contributed by atoms with Crippen LogP contribution in [-0.2, 0) is 16.0 Å². The summed E-state index contributed by atoms with van der Waals surface area (Å²) in [6.07, 6.45) is -0.119. The molecular weight excluding hydrogens is 330 g/mol. The molecule has 0 bridgehead atoms. The molecule has 0 aliphatic rings. The zero-order valence-electron chi connectivity index (χ0n) is 13.3. The van der Waals surface area contributed by atoms with E-state index >= 15 is 0 Å². The van der Waals surface area contributed by atoms with Gasteiger partial charge in [0.25, 0.3) is 0 Å². The highest BCUT2D eigenvalue weighted by Gasteiger charge is 2.18. The maximum Gasteiger partial charge on any atom is 0.337 e. The summed E-state index contributed by atoms with van der Waals surface area (Å²) in [5, 5.41) is 11.5. The summed E-state index contributed by atoms with van der Waals surface area (Å²) in [4.78, 5) is 23.6. The quantitative estimate of drug-likeness (QED) is 0.846. The van der Waals surface area contributed by atoms with E-state index in [-0.39, 0.29) is 17.5 Å². The van der Waals surface area contributed by atoms with Crippen LogP contribution in [0.2, 0.25) is 0 Å². The van der Waals surface area contributed by atoms with Gasteiger partial charge in [0.2, 0.25) is 5.91 Å². The van der Waals surface area contributed by atoms with Gasteiger partial charge in [0.15, 0.2) is 0 Å². The number of nitriles is 1. The Morgan fingerprint density at radius 3 is 2.64 bits per heavy atom. The van der Waals surface area contributed by atoms with Crippen LogP contribution >= 0.6 is 0 Å². The van der Waals surface area contributed by atoms with Gasteiger partial charge in [0.05, 0.1) is 25.2 Å². The summed E-state index contributed by atoms with van der Waals surface area (Å²) >= 11 is 0. The Hall–Kier alpha value is -3.27. The molecule has 5 nitrogen and oxygen atoms in total. The molecule has 0 unspecified atom stereocenters. The molecule has 2 aromatic carbocycles. The van der Waals surface area contributed by atoms with Crippen LogP contribution in [0, 0.1) is 23.0 Å².